The Morgan fingerprint density at radius 3 is 2.29 bits per heavy atom. The van der Waals surface area contributed by atoms with Gasteiger partial charge in [-0.05, 0) is 57.2 Å². The zero-order valence-electron chi connectivity index (χ0n) is 14.3. The molecule has 21 heavy (non-hydrogen) atoms. The third-order valence-electron chi connectivity index (χ3n) is 4.72. The predicted octanol–water partition coefficient (Wildman–Crippen LogP) is 4.53. The van der Waals surface area contributed by atoms with E-state index in [1.54, 1.807) is 7.11 Å². The van der Waals surface area contributed by atoms with E-state index in [-0.39, 0.29) is 5.54 Å². The van der Waals surface area contributed by atoms with Crippen molar-refractivity contribution in [3.63, 3.8) is 0 Å². The molecule has 1 aromatic rings. The Balaban J connectivity index is 2.12. The first-order valence-electron chi connectivity index (χ1n) is 8.28. The second-order valence-electron chi connectivity index (χ2n) is 7.68. The fraction of sp³-hybridized carbons (Fsp3) is 0.684. The zero-order valence-corrected chi connectivity index (χ0v) is 14.3. The molecule has 1 N–H and O–H groups in total. The van der Waals surface area contributed by atoms with Crippen molar-refractivity contribution >= 4 is 0 Å². The van der Waals surface area contributed by atoms with Gasteiger partial charge in [-0.2, -0.15) is 0 Å². The maximum Gasteiger partial charge on any atom is 0.118 e. The summed E-state index contributed by atoms with van der Waals surface area (Å²) in [6.45, 7) is 10.1. The molecule has 0 aliphatic heterocycles. The Labute approximate surface area is 130 Å². The first-order chi connectivity index (χ1) is 9.88. The molecular weight excluding hydrogens is 258 g/mol. The summed E-state index contributed by atoms with van der Waals surface area (Å²) in [7, 11) is 1.73. The number of ether oxygens (including phenoxy) is 1. The monoisotopic (exact) mass is 289 g/mol. The highest BCUT2D eigenvalue weighted by Crippen LogP contribution is 2.49. The summed E-state index contributed by atoms with van der Waals surface area (Å²) in [6, 6.07) is 8.71. The van der Waals surface area contributed by atoms with Crippen LogP contribution in [0.4, 0.5) is 0 Å². The van der Waals surface area contributed by atoms with Crippen LogP contribution in [-0.2, 0) is 5.41 Å². The maximum absolute atomic E-state index is 5.29. The van der Waals surface area contributed by atoms with Crippen molar-refractivity contribution in [3.8, 4) is 5.75 Å². The molecule has 0 aromatic heterocycles. The topological polar surface area (TPSA) is 21.3 Å². The van der Waals surface area contributed by atoms with Crippen LogP contribution in [0.5, 0.6) is 5.75 Å². The van der Waals surface area contributed by atoms with Crippen LogP contribution >= 0.6 is 0 Å². The van der Waals surface area contributed by atoms with Gasteiger partial charge < -0.3 is 10.1 Å². The van der Waals surface area contributed by atoms with E-state index >= 15 is 0 Å². The van der Waals surface area contributed by atoms with Crippen LogP contribution in [-0.4, -0.2) is 19.2 Å². The molecule has 1 aliphatic carbocycles. The third kappa shape index (κ3) is 4.00. The summed E-state index contributed by atoms with van der Waals surface area (Å²) in [5.74, 6) is 1.85. The molecule has 0 bridgehead atoms. The second kappa shape index (κ2) is 6.39. The fourth-order valence-electron chi connectivity index (χ4n) is 3.52. The van der Waals surface area contributed by atoms with E-state index in [0.717, 1.165) is 18.2 Å². The maximum atomic E-state index is 5.29. The van der Waals surface area contributed by atoms with Gasteiger partial charge in [0.25, 0.3) is 0 Å². The summed E-state index contributed by atoms with van der Waals surface area (Å²) >= 11 is 0. The van der Waals surface area contributed by atoms with E-state index in [2.05, 4.69) is 57.3 Å². The number of rotatable bonds is 6. The molecule has 0 amide bonds. The molecule has 1 aliphatic rings. The van der Waals surface area contributed by atoms with E-state index in [1.807, 2.05) is 0 Å². The predicted molar refractivity (Wildman–Crippen MR) is 90.1 cm³/mol. The van der Waals surface area contributed by atoms with Crippen LogP contribution in [0.2, 0.25) is 0 Å². The van der Waals surface area contributed by atoms with Crippen molar-refractivity contribution in [1.29, 1.82) is 0 Å². The molecule has 0 saturated heterocycles. The van der Waals surface area contributed by atoms with Crippen molar-refractivity contribution in [2.24, 2.45) is 5.92 Å². The Hall–Kier alpha value is -1.02. The summed E-state index contributed by atoms with van der Waals surface area (Å²) < 4.78 is 5.29. The van der Waals surface area contributed by atoms with Gasteiger partial charge in [-0.3, -0.25) is 0 Å². The SMILES string of the molecule is CCCC1CC(CNC(C)(C)C)(c2ccc(OC)cc2)C1. The highest BCUT2D eigenvalue weighted by Gasteiger charge is 2.45. The van der Waals surface area contributed by atoms with Gasteiger partial charge in [0.2, 0.25) is 0 Å². The molecule has 2 heteroatoms. The first-order valence-corrected chi connectivity index (χ1v) is 8.28. The standard InChI is InChI=1S/C19H31NO/c1-6-7-15-12-19(13-15,14-20-18(2,3)4)16-8-10-17(21-5)11-9-16/h8-11,15,20H,6-7,12-14H2,1-5H3. The summed E-state index contributed by atoms with van der Waals surface area (Å²) in [4.78, 5) is 0. The summed E-state index contributed by atoms with van der Waals surface area (Å²) in [5, 5.41) is 3.72. The molecule has 0 radical (unpaired) electrons. The largest absolute Gasteiger partial charge is 0.497 e. The zero-order chi connectivity index (χ0) is 15.5. The van der Waals surface area contributed by atoms with Crippen molar-refractivity contribution in [1.82, 2.24) is 5.32 Å². The van der Waals surface area contributed by atoms with Crippen LogP contribution in [0.15, 0.2) is 24.3 Å². The van der Waals surface area contributed by atoms with Crippen molar-refractivity contribution < 1.29 is 4.74 Å². The highest BCUT2D eigenvalue weighted by molar-refractivity contribution is 5.35. The molecule has 1 fully saturated rings. The van der Waals surface area contributed by atoms with E-state index in [9.17, 15) is 0 Å². The van der Waals surface area contributed by atoms with Gasteiger partial charge in [0.05, 0.1) is 7.11 Å². The first kappa shape index (κ1) is 16.4. The number of methoxy groups -OCH3 is 1. The fourth-order valence-corrected chi connectivity index (χ4v) is 3.52. The second-order valence-corrected chi connectivity index (χ2v) is 7.68. The molecule has 0 unspecified atom stereocenters. The molecule has 2 rings (SSSR count). The van der Waals surface area contributed by atoms with Crippen LogP contribution < -0.4 is 10.1 Å². The lowest BCUT2D eigenvalue weighted by Crippen LogP contribution is -2.52. The smallest absolute Gasteiger partial charge is 0.118 e. The van der Waals surface area contributed by atoms with E-state index in [4.69, 9.17) is 4.74 Å². The van der Waals surface area contributed by atoms with Gasteiger partial charge in [0, 0.05) is 17.5 Å². The average Bonchev–Trinajstić information content (AvgIpc) is 2.40. The quantitative estimate of drug-likeness (QED) is 0.830. The molecule has 0 spiro atoms. The highest BCUT2D eigenvalue weighted by atomic mass is 16.5. The Morgan fingerprint density at radius 1 is 1.19 bits per heavy atom. The van der Waals surface area contributed by atoms with Gasteiger partial charge in [-0.1, -0.05) is 31.9 Å². The molecule has 118 valence electrons. The van der Waals surface area contributed by atoms with Gasteiger partial charge in [0.1, 0.15) is 5.75 Å². The lowest BCUT2D eigenvalue weighted by Gasteiger charge is -2.50. The van der Waals surface area contributed by atoms with E-state index in [0.29, 0.717) is 5.41 Å². The van der Waals surface area contributed by atoms with Crippen LogP contribution in [0, 0.1) is 5.92 Å². The lowest BCUT2D eigenvalue weighted by molar-refractivity contribution is 0.120. The van der Waals surface area contributed by atoms with Crippen LogP contribution in [0.3, 0.4) is 0 Å². The summed E-state index contributed by atoms with van der Waals surface area (Å²) in [5.41, 5.74) is 1.96. The number of nitrogens with one attached hydrogen (secondary N) is 1. The van der Waals surface area contributed by atoms with Crippen molar-refractivity contribution in [2.75, 3.05) is 13.7 Å². The number of hydrogen-bond acceptors (Lipinski definition) is 2. The lowest BCUT2D eigenvalue weighted by atomic mass is 9.57. The number of hydrogen-bond donors (Lipinski definition) is 1. The van der Waals surface area contributed by atoms with E-state index < -0.39 is 0 Å². The minimum atomic E-state index is 0.176. The van der Waals surface area contributed by atoms with E-state index in [1.165, 1.54) is 31.2 Å². The van der Waals surface area contributed by atoms with Gasteiger partial charge in [0.15, 0.2) is 0 Å². The summed E-state index contributed by atoms with van der Waals surface area (Å²) in [6.07, 6.45) is 5.30. The molecule has 0 heterocycles. The van der Waals surface area contributed by atoms with Gasteiger partial charge in [-0.25, -0.2) is 0 Å². The van der Waals surface area contributed by atoms with Gasteiger partial charge >= 0.3 is 0 Å². The Bertz CT molecular complexity index is 438. The molecule has 0 atom stereocenters. The number of benzene rings is 1. The normalized spacial score (nSPS) is 25.5. The average molecular weight is 289 g/mol. The van der Waals surface area contributed by atoms with Crippen LogP contribution in [0.25, 0.3) is 0 Å². The van der Waals surface area contributed by atoms with Crippen molar-refractivity contribution in [2.45, 2.75) is 64.3 Å². The van der Waals surface area contributed by atoms with Crippen LogP contribution in [0.1, 0.15) is 58.9 Å². The molecule has 1 aromatic carbocycles. The van der Waals surface area contributed by atoms with Crippen molar-refractivity contribution in [3.05, 3.63) is 29.8 Å². The molecule has 2 nitrogen and oxygen atoms in total. The minimum Gasteiger partial charge on any atom is -0.497 e. The molecule has 1 saturated carbocycles. The Kier molecular flexibility index (Phi) is 4.98. The van der Waals surface area contributed by atoms with Gasteiger partial charge in [-0.15, -0.1) is 0 Å². The Morgan fingerprint density at radius 2 is 1.81 bits per heavy atom. The molecular formula is C19H31NO. The minimum absolute atomic E-state index is 0.176. The third-order valence-corrected chi connectivity index (χ3v) is 4.72.